The van der Waals surface area contributed by atoms with Gasteiger partial charge in [-0.25, -0.2) is 9.97 Å². The highest BCUT2D eigenvalue weighted by Gasteiger charge is 2.31. The van der Waals surface area contributed by atoms with Gasteiger partial charge in [0, 0.05) is 17.8 Å². The van der Waals surface area contributed by atoms with Crippen molar-refractivity contribution in [2.45, 2.75) is 6.18 Å². The molecule has 0 bridgehead atoms. The van der Waals surface area contributed by atoms with Crippen molar-refractivity contribution < 1.29 is 13.2 Å². The SMILES string of the molecule is N#Cc1cc(-c2cc(N)ncn2)cn1-c1cc(C(F)(F)F)ccc1Cl. The number of anilines is 1. The lowest BCUT2D eigenvalue weighted by molar-refractivity contribution is -0.137. The fourth-order valence-electron chi connectivity index (χ4n) is 2.29. The standard InChI is InChI=1S/C16H9ClF3N5/c17-12-2-1-10(16(18,19)20)4-14(12)25-7-9(3-11(25)6-21)13-5-15(22)24-8-23-13/h1-5,7-8H,(H2,22,23,24). The summed E-state index contributed by atoms with van der Waals surface area (Å²) in [4.78, 5) is 7.82. The minimum atomic E-state index is -4.52. The Kier molecular flexibility index (Phi) is 4.10. The highest BCUT2D eigenvalue weighted by Crippen LogP contribution is 2.34. The summed E-state index contributed by atoms with van der Waals surface area (Å²) >= 11 is 6.05. The molecule has 0 aliphatic carbocycles. The van der Waals surface area contributed by atoms with E-state index in [4.69, 9.17) is 17.3 Å². The summed E-state index contributed by atoms with van der Waals surface area (Å²) < 4.78 is 40.2. The van der Waals surface area contributed by atoms with Crippen LogP contribution in [0.3, 0.4) is 0 Å². The molecule has 3 rings (SSSR count). The smallest absolute Gasteiger partial charge is 0.384 e. The van der Waals surface area contributed by atoms with Crippen molar-refractivity contribution in [3.8, 4) is 23.0 Å². The molecule has 0 spiro atoms. The molecule has 0 unspecified atom stereocenters. The van der Waals surface area contributed by atoms with Gasteiger partial charge in [0.1, 0.15) is 23.9 Å². The predicted octanol–water partition coefficient (Wildman–Crippen LogP) is 4.06. The number of nitrogens with zero attached hydrogens (tertiary/aromatic N) is 4. The Labute approximate surface area is 145 Å². The average molecular weight is 364 g/mol. The number of nitrogen functional groups attached to an aromatic ring is 1. The summed E-state index contributed by atoms with van der Waals surface area (Å²) in [6.07, 6.45) is -1.80. The van der Waals surface area contributed by atoms with Crippen molar-refractivity contribution in [3.05, 3.63) is 59.1 Å². The molecule has 3 aromatic rings. The molecule has 0 atom stereocenters. The summed E-state index contributed by atoms with van der Waals surface area (Å²) in [5.41, 5.74) is 5.83. The predicted molar refractivity (Wildman–Crippen MR) is 85.9 cm³/mol. The second kappa shape index (κ2) is 6.11. The van der Waals surface area contributed by atoms with E-state index >= 15 is 0 Å². The van der Waals surface area contributed by atoms with Crippen molar-refractivity contribution in [2.24, 2.45) is 0 Å². The van der Waals surface area contributed by atoms with Crippen LogP contribution < -0.4 is 5.73 Å². The number of hydrogen-bond donors (Lipinski definition) is 1. The number of nitriles is 1. The third-order valence-corrected chi connectivity index (χ3v) is 3.77. The number of rotatable bonds is 2. The van der Waals surface area contributed by atoms with Crippen LogP contribution in [0.1, 0.15) is 11.3 Å². The first kappa shape index (κ1) is 16.8. The molecule has 2 heterocycles. The molecular weight excluding hydrogens is 355 g/mol. The van der Waals surface area contributed by atoms with Crippen LogP contribution in [0.25, 0.3) is 16.9 Å². The molecular formula is C16H9ClF3N5. The van der Waals surface area contributed by atoms with Gasteiger partial charge < -0.3 is 10.3 Å². The first-order chi connectivity index (χ1) is 11.8. The number of halogens is 4. The third kappa shape index (κ3) is 3.27. The van der Waals surface area contributed by atoms with E-state index in [1.165, 1.54) is 29.2 Å². The minimum Gasteiger partial charge on any atom is -0.384 e. The van der Waals surface area contributed by atoms with E-state index in [2.05, 4.69) is 9.97 Å². The van der Waals surface area contributed by atoms with Crippen LogP contribution in [0.5, 0.6) is 0 Å². The minimum absolute atomic E-state index is 0.0429. The quantitative estimate of drug-likeness (QED) is 0.744. The first-order valence-electron chi connectivity index (χ1n) is 6.87. The Hall–Kier alpha value is -3.05. The zero-order valence-electron chi connectivity index (χ0n) is 12.4. The summed E-state index contributed by atoms with van der Waals surface area (Å²) in [5, 5.41) is 9.40. The average Bonchev–Trinajstić information content (AvgIpc) is 2.98. The summed E-state index contributed by atoms with van der Waals surface area (Å²) in [6, 6.07) is 7.83. The lowest BCUT2D eigenvalue weighted by Gasteiger charge is -2.12. The Morgan fingerprint density at radius 1 is 1.16 bits per heavy atom. The van der Waals surface area contributed by atoms with Crippen LogP contribution >= 0.6 is 11.6 Å². The molecule has 9 heteroatoms. The van der Waals surface area contributed by atoms with E-state index in [1.807, 2.05) is 6.07 Å². The highest BCUT2D eigenvalue weighted by molar-refractivity contribution is 6.32. The van der Waals surface area contributed by atoms with Crippen LogP contribution in [0.15, 0.2) is 42.9 Å². The first-order valence-corrected chi connectivity index (χ1v) is 7.25. The Morgan fingerprint density at radius 2 is 1.92 bits per heavy atom. The van der Waals surface area contributed by atoms with Gasteiger partial charge in [-0.15, -0.1) is 0 Å². The highest BCUT2D eigenvalue weighted by atomic mass is 35.5. The normalized spacial score (nSPS) is 11.3. The topological polar surface area (TPSA) is 80.5 Å². The third-order valence-electron chi connectivity index (χ3n) is 3.45. The number of aromatic nitrogens is 3. The number of alkyl halides is 3. The van der Waals surface area contributed by atoms with Crippen LogP contribution in [-0.2, 0) is 6.18 Å². The number of benzene rings is 1. The van der Waals surface area contributed by atoms with Crippen LogP contribution in [0.2, 0.25) is 5.02 Å². The largest absolute Gasteiger partial charge is 0.416 e. The van der Waals surface area contributed by atoms with Gasteiger partial charge in [0.05, 0.1) is 22.0 Å². The van der Waals surface area contributed by atoms with Crippen LogP contribution in [0.4, 0.5) is 19.0 Å². The molecule has 25 heavy (non-hydrogen) atoms. The van der Waals surface area contributed by atoms with Gasteiger partial charge in [-0.05, 0) is 24.3 Å². The Bertz CT molecular complexity index is 988. The van der Waals surface area contributed by atoms with Gasteiger partial charge in [-0.1, -0.05) is 11.6 Å². The van der Waals surface area contributed by atoms with E-state index in [0.29, 0.717) is 11.3 Å². The zero-order chi connectivity index (χ0) is 18.2. The van der Waals surface area contributed by atoms with Crippen molar-refractivity contribution in [1.82, 2.24) is 14.5 Å². The van der Waals surface area contributed by atoms with E-state index in [1.54, 1.807) is 0 Å². The lowest BCUT2D eigenvalue weighted by Crippen LogP contribution is -2.07. The molecule has 0 saturated carbocycles. The maximum absolute atomic E-state index is 13.0. The molecule has 0 radical (unpaired) electrons. The second-order valence-corrected chi connectivity index (χ2v) is 5.50. The monoisotopic (exact) mass is 363 g/mol. The van der Waals surface area contributed by atoms with Gasteiger partial charge in [0.15, 0.2) is 0 Å². The van der Waals surface area contributed by atoms with Crippen LogP contribution in [-0.4, -0.2) is 14.5 Å². The molecule has 126 valence electrons. The van der Waals surface area contributed by atoms with Gasteiger partial charge in [0.2, 0.25) is 0 Å². The molecule has 2 N–H and O–H groups in total. The molecule has 5 nitrogen and oxygen atoms in total. The fraction of sp³-hybridized carbons (Fsp3) is 0.0625. The van der Waals surface area contributed by atoms with Gasteiger partial charge in [0.25, 0.3) is 0 Å². The van der Waals surface area contributed by atoms with Crippen molar-refractivity contribution in [2.75, 3.05) is 5.73 Å². The maximum atomic E-state index is 13.0. The van der Waals surface area contributed by atoms with Gasteiger partial charge in [-0.3, -0.25) is 0 Å². The van der Waals surface area contributed by atoms with Crippen molar-refractivity contribution >= 4 is 17.4 Å². The van der Waals surface area contributed by atoms with Crippen molar-refractivity contribution in [1.29, 1.82) is 5.26 Å². The molecule has 2 aromatic heterocycles. The second-order valence-electron chi connectivity index (χ2n) is 5.09. The van der Waals surface area contributed by atoms with E-state index in [-0.39, 0.29) is 22.2 Å². The van der Waals surface area contributed by atoms with Gasteiger partial charge >= 0.3 is 6.18 Å². The van der Waals surface area contributed by atoms with E-state index in [9.17, 15) is 18.4 Å². The molecule has 0 amide bonds. The molecule has 1 aromatic carbocycles. The van der Waals surface area contributed by atoms with Crippen molar-refractivity contribution in [3.63, 3.8) is 0 Å². The number of nitrogens with two attached hydrogens (primary N) is 1. The molecule has 0 fully saturated rings. The molecule has 0 aliphatic rings. The zero-order valence-corrected chi connectivity index (χ0v) is 13.2. The maximum Gasteiger partial charge on any atom is 0.416 e. The van der Waals surface area contributed by atoms with E-state index < -0.39 is 11.7 Å². The molecule has 0 saturated heterocycles. The summed E-state index contributed by atoms with van der Waals surface area (Å²) in [6.45, 7) is 0. The van der Waals surface area contributed by atoms with Gasteiger partial charge in [-0.2, -0.15) is 18.4 Å². The summed E-state index contributed by atoms with van der Waals surface area (Å²) in [5.74, 6) is 0.230. The Balaban J connectivity index is 2.17. The fourth-order valence-corrected chi connectivity index (χ4v) is 2.50. The Morgan fingerprint density at radius 3 is 2.56 bits per heavy atom. The van der Waals surface area contributed by atoms with E-state index in [0.717, 1.165) is 18.2 Å². The summed E-state index contributed by atoms with van der Waals surface area (Å²) in [7, 11) is 0. The number of hydrogen-bond acceptors (Lipinski definition) is 4. The molecule has 0 aliphatic heterocycles. The van der Waals surface area contributed by atoms with Crippen LogP contribution in [0, 0.1) is 11.3 Å². The lowest BCUT2D eigenvalue weighted by atomic mass is 10.2.